The zero-order valence-electron chi connectivity index (χ0n) is 14.0. The quantitative estimate of drug-likeness (QED) is 0.713. The average Bonchev–Trinajstić information content (AvgIpc) is 2.59. The molecule has 0 unspecified atom stereocenters. The van der Waals surface area contributed by atoms with Gasteiger partial charge in [0, 0.05) is 30.8 Å². The zero-order chi connectivity index (χ0) is 18.4. The number of nitrogens with one attached hydrogen (secondary N) is 2. The van der Waals surface area contributed by atoms with Crippen LogP contribution >= 0.6 is 15.9 Å². The van der Waals surface area contributed by atoms with Crippen molar-refractivity contribution in [2.45, 2.75) is 11.4 Å². The fourth-order valence-corrected chi connectivity index (χ4v) is 3.68. The predicted molar refractivity (Wildman–Crippen MR) is 102 cm³/mol. The number of hydrogen-bond acceptors (Lipinski definition) is 4. The first-order chi connectivity index (χ1) is 11.8. The lowest BCUT2D eigenvalue weighted by atomic mass is 10.2. The molecule has 134 valence electrons. The standard InChI is InChI=1S/C17H20BrN3O3S/c1-21(2)25(23,24)16-10-6-3-7-13(16)11-20-17(22)12-19-15-9-5-4-8-14(15)18/h3-10,19H,11-12H2,1-2H3,(H,20,22). The lowest BCUT2D eigenvalue weighted by Gasteiger charge is -2.15. The Morgan fingerprint density at radius 1 is 1.08 bits per heavy atom. The Kier molecular flexibility index (Phi) is 6.57. The van der Waals surface area contributed by atoms with Crippen molar-refractivity contribution in [2.75, 3.05) is 26.0 Å². The van der Waals surface area contributed by atoms with Crippen molar-refractivity contribution in [1.82, 2.24) is 9.62 Å². The number of nitrogens with zero attached hydrogens (tertiary/aromatic N) is 1. The third-order valence-electron chi connectivity index (χ3n) is 3.52. The van der Waals surface area contributed by atoms with E-state index in [0.29, 0.717) is 5.56 Å². The molecule has 0 radical (unpaired) electrons. The number of anilines is 1. The first-order valence-corrected chi connectivity index (χ1v) is 9.81. The molecular weight excluding hydrogens is 406 g/mol. The van der Waals surface area contributed by atoms with Gasteiger partial charge in [0.15, 0.2) is 0 Å². The molecule has 0 saturated heterocycles. The molecule has 0 fully saturated rings. The summed E-state index contributed by atoms with van der Waals surface area (Å²) >= 11 is 3.40. The summed E-state index contributed by atoms with van der Waals surface area (Å²) in [6.07, 6.45) is 0. The van der Waals surface area contributed by atoms with Gasteiger partial charge in [-0.1, -0.05) is 30.3 Å². The molecule has 2 N–H and O–H groups in total. The lowest BCUT2D eigenvalue weighted by molar-refractivity contribution is -0.119. The maximum absolute atomic E-state index is 12.3. The molecule has 0 aromatic heterocycles. The van der Waals surface area contributed by atoms with Gasteiger partial charge >= 0.3 is 0 Å². The Hall–Kier alpha value is -1.90. The van der Waals surface area contributed by atoms with E-state index in [1.165, 1.54) is 20.2 Å². The number of halogens is 1. The van der Waals surface area contributed by atoms with Gasteiger partial charge in [-0.3, -0.25) is 4.79 Å². The van der Waals surface area contributed by atoms with E-state index in [-0.39, 0.29) is 23.9 Å². The van der Waals surface area contributed by atoms with E-state index in [4.69, 9.17) is 0 Å². The summed E-state index contributed by atoms with van der Waals surface area (Å²) in [5.41, 5.74) is 1.36. The van der Waals surface area contributed by atoms with Crippen LogP contribution in [0.1, 0.15) is 5.56 Å². The predicted octanol–water partition coefficient (Wildman–Crippen LogP) is 2.43. The molecule has 0 aliphatic rings. The highest BCUT2D eigenvalue weighted by molar-refractivity contribution is 9.10. The molecule has 0 heterocycles. The highest BCUT2D eigenvalue weighted by Crippen LogP contribution is 2.21. The zero-order valence-corrected chi connectivity index (χ0v) is 16.4. The molecule has 0 saturated carbocycles. The maximum atomic E-state index is 12.3. The summed E-state index contributed by atoms with van der Waals surface area (Å²) in [7, 11) is -0.599. The third-order valence-corrected chi connectivity index (χ3v) is 6.13. The highest BCUT2D eigenvalue weighted by atomic mass is 79.9. The second-order valence-corrected chi connectivity index (χ2v) is 8.48. The summed E-state index contributed by atoms with van der Waals surface area (Å²) in [6, 6.07) is 14.1. The lowest BCUT2D eigenvalue weighted by Crippen LogP contribution is -2.30. The van der Waals surface area contributed by atoms with Gasteiger partial charge < -0.3 is 10.6 Å². The number of rotatable bonds is 7. The van der Waals surface area contributed by atoms with Gasteiger partial charge in [0.25, 0.3) is 0 Å². The van der Waals surface area contributed by atoms with E-state index in [0.717, 1.165) is 14.5 Å². The van der Waals surface area contributed by atoms with Gasteiger partial charge in [-0.2, -0.15) is 0 Å². The van der Waals surface area contributed by atoms with Crippen molar-refractivity contribution in [3.8, 4) is 0 Å². The highest BCUT2D eigenvalue weighted by Gasteiger charge is 2.20. The normalized spacial score (nSPS) is 11.4. The van der Waals surface area contributed by atoms with E-state index >= 15 is 0 Å². The summed E-state index contributed by atoms with van der Waals surface area (Å²) < 4.78 is 26.7. The summed E-state index contributed by atoms with van der Waals surface area (Å²) in [5.74, 6) is -0.229. The Balaban J connectivity index is 2.00. The number of benzene rings is 2. The number of amides is 1. The van der Waals surface area contributed by atoms with Gasteiger partial charge in [-0.25, -0.2) is 12.7 Å². The smallest absolute Gasteiger partial charge is 0.242 e. The third kappa shape index (κ3) is 5.04. The number of carbonyl (C=O) groups excluding carboxylic acids is 1. The van der Waals surface area contributed by atoms with Crippen molar-refractivity contribution in [3.63, 3.8) is 0 Å². The van der Waals surface area contributed by atoms with Crippen molar-refractivity contribution in [3.05, 3.63) is 58.6 Å². The van der Waals surface area contributed by atoms with Crippen molar-refractivity contribution >= 4 is 37.5 Å². The van der Waals surface area contributed by atoms with Gasteiger partial charge in [0.05, 0.1) is 11.4 Å². The van der Waals surface area contributed by atoms with Crippen LogP contribution in [0.5, 0.6) is 0 Å². The van der Waals surface area contributed by atoms with Gasteiger partial charge in [-0.05, 0) is 39.7 Å². The molecule has 0 bridgehead atoms. The molecule has 2 aromatic carbocycles. The van der Waals surface area contributed by atoms with E-state index < -0.39 is 10.0 Å². The summed E-state index contributed by atoms with van der Waals surface area (Å²) in [5, 5.41) is 5.77. The largest absolute Gasteiger partial charge is 0.375 e. The fourth-order valence-electron chi connectivity index (χ4n) is 2.13. The molecule has 6 nitrogen and oxygen atoms in total. The molecular formula is C17H20BrN3O3S. The minimum atomic E-state index is -3.56. The van der Waals surface area contributed by atoms with Crippen LogP contribution in [0.15, 0.2) is 57.9 Å². The Bertz CT molecular complexity index is 854. The van der Waals surface area contributed by atoms with Crippen LogP contribution in [0.25, 0.3) is 0 Å². The van der Waals surface area contributed by atoms with Crippen LogP contribution in [0.3, 0.4) is 0 Å². The van der Waals surface area contributed by atoms with E-state index in [1.807, 2.05) is 24.3 Å². The molecule has 8 heteroatoms. The van der Waals surface area contributed by atoms with E-state index in [1.54, 1.807) is 18.2 Å². The fraction of sp³-hybridized carbons (Fsp3) is 0.235. The summed E-state index contributed by atoms with van der Waals surface area (Å²) in [6.45, 7) is 0.227. The monoisotopic (exact) mass is 425 g/mol. The molecule has 0 atom stereocenters. The second-order valence-electron chi connectivity index (χ2n) is 5.51. The Labute approximate surface area is 156 Å². The average molecular weight is 426 g/mol. The molecule has 0 aliphatic heterocycles. The maximum Gasteiger partial charge on any atom is 0.242 e. The van der Waals surface area contributed by atoms with Crippen LogP contribution in [0, 0.1) is 0 Å². The minimum Gasteiger partial charge on any atom is -0.375 e. The van der Waals surface area contributed by atoms with Crippen LogP contribution in [0.2, 0.25) is 0 Å². The molecule has 25 heavy (non-hydrogen) atoms. The van der Waals surface area contributed by atoms with Gasteiger partial charge in [0.1, 0.15) is 0 Å². The van der Waals surface area contributed by atoms with Crippen molar-refractivity contribution < 1.29 is 13.2 Å². The first-order valence-electron chi connectivity index (χ1n) is 7.58. The number of sulfonamides is 1. The molecule has 0 spiro atoms. The molecule has 0 aliphatic carbocycles. The molecule has 2 rings (SSSR count). The van der Waals surface area contributed by atoms with Gasteiger partial charge in [-0.15, -0.1) is 0 Å². The number of para-hydroxylation sites is 1. The second kappa shape index (κ2) is 8.46. The molecule has 2 aromatic rings. The van der Waals surface area contributed by atoms with Crippen LogP contribution < -0.4 is 10.6 Å². The van der Waals surface area contributed by atoms with Crippen molar-refractivity contribution in [2.24, 2.45) is 0 Å². The van der Waals surface area contributed by atoms with E-state index in [2.05, 4.69) is 26.6 Å². The van der Waals surface area contributed by atoms with E-state index in [9.17, 15) is 13.2 Å². The Morgan fingerprint density at radius 3 is 2.40 bits per heavy atom. The van der Waals surface area contributed by atoms with Crippen molar-refractivity contribution in [1.29, 1.82) is 0 Å². The Morgan fingerprint density at radius 2 is 1.72 bits per heavy atom. The van der Waals surface area contributed by atoms with Crippen LogP contribution in [-0.2, 0) is 21.4 Å². The topological polar surface area (TPSA) is 78.5 Å². The van der Waals surface area contributed by atoms with Crippen LogP contribution in [0.4, 0.5) is 5.69 Å². The summed E-state index contributed by atoms with van der Waals surface area (Å²) in [4.78, 5) is 12.2. The molecule has 1 amide bonds. The SMILES string of the molecule is CN(C)S(=O)(=O)c1ccccc1CNC(=O)CNc1ccccc1Br. The van der Waals surface area contributed by atoms with Crippen LogP contribution in [-0.4, -0.2) is 39.3 Å². The number of hydrogen-bond donors (Lipinski definition) is 2. The first kappa shape index (κ1) is 19.4. The van der Waals surface area contributed by atoms with Gasteiger partial charge in [0.2, 0.25) is 15.9 Å². The number of carbonyl (C=O) groups is 1. The minimum absolute atomic E-state index is 0.0885.